The summed E-state index contributed by atoms with van der Waals surface area (Å²) >= 11 is 6.07. The predicted molar refractivity (Wildman–Crippen MR) is 96.6 cm³/mol. The van der Waals surface area contributed by atoms with Crippen LogP contribution in [0.5, 0.6) is 0 Å². The van der Waals surface area contributed by atoms with Crippen molar-refractivity contribution in [2.75, 3.05) is 28.7 Å². The van der Waals surface area contributed by atoms with Gasteiger partial charge in [-0.3, -0.25) is 4.79 Å². The second-order valence-corrected chi connectivity index (χ2v) is 6.61. The fraction of sp³-hybridized carbons (Fsp3) is 0.278. The minimum absolute atomic E-state index is 0.152. The van der Waals surface area contributed by atoms with Crippen LogP contribution in [0.25, 0.3) is 0 Å². The van der Waals surface area contributed by atoms with E-state index < -0.39 is 0 Å². The molecule has 24 heavy (non-hydrogen) atoms. The molecule has 3 N–H and O–H groups in total. The van der Waals surface area contributed by atoms with Crippen molar-refractivity contribution in [3.63, 3.8) is 0 Å². The SMILES string of the molecule is O=C1Nc2ccc(N3CCC[C@H]3CO)cc2Nc2cc(Cl)ccc21. The van der Waals surface area contributed by atoms with Gasteiger partial charge in [0.2, 0.25) is 0 Å². The third kappa shape index (κ3) is 2.60. The van der Waals surface area contributed by atoms with Gasteiger partial charge in [0.05, 0.1) is 35.3 Å². The van der Waals surface area contributed by atoms with Crippen LogP contribution in [0.4, 0.5) is 22.7 Å². The van der Waals surface area contributed by atoms with Gasteiger partial charge in [0, 0.05) is 17.3 Å². The topological polar surface area (TPSA) is 64.6 Å². The van der Waals surface area contributed by atoms with Crippen LogP contribution in [0.1, 0.15) is 23.2 Å². The number of carbonyl (C=O) groups is 1. The number of anilines is 4. The molecule has 0 unspecified atom stereocenters. The van der Waals surface area contributed by atoms with E-state index in [1.165, 1.54) is 0 Å². The first kappa shape index (κ1) is 15.3. The Morgan fingerprint density at radius 2 is 2.00 bits per heavy atom. The molecule has 0 bridgehead atoms. The number of hydrogen-bond donors (Lipinski definition) is 3. The lowest BCUT2D eigenvalue weighted by molar-refractivity contribution is 0.102. The third-order valence-corrected chi connectivity index (χ3v) is 4.90. The monoisotopic (exact) mass is 343 g/mol. The number of aliphatic hydroxyl groups excluding tert-OH is 1. The molecule has 1 saturated heterocycles. The van der Waals surface area contributed by atoms with Crippen molar-refractivity contribution in [3.05, 3.63) is 47.0 Å². The number of aliphatic hydroxyl groups is 1. The second kappa shape index (κ2) is 6.00. The number of benzene rings is 2. The van der Waals surface area contributed by atoms with Crippen LogP contribution in [-0.2, 0) is 0 Å². The summed E-state index contributed by atoms with van der Waals surface area (Å²) in [5.41, 5.74) is 3.85. The van der Waals surface area contributed by atoms with Crippen molar-refractivity contribution in [1.29, 1.82) is 0 Å². The maximum atomic E-state index is 12.4. The molecule has 0 saturated carbocycles. The highest BCUT2D eigenvalue weighted by atomic mass is 35.5. The molecule has 0 aromatic heterocycles. The largest absolute Gasteiger partial charge is 0.394 e. The van der Waals surface area contributed by atoms with Gasteiger partial charge < -0.3 is 20.6 Å². The Bertz CT molecular complexity index is 809. The Kier molecular flexibility index (Phi) is 3.82. The molecule has 2 aromatic carbocycles. The highest BCUT2D eigenvalue weighted by molar-refractivity contribution is 6.31. The number of fused-ring (bicyclic) bond motifs is 2. The van der Waals surface area contributed by atoms with Crippen LogP contribution in [0, 0.1) is 0 Å². The molecule has 2 aliphatic heterocycles. The average molecular weight is 344 g/mol. The molecule has 0 aliphatic carbocycles. The fourth-order valence-corrected chi connectivity index (χ4v) is 3.61. The van der Waals surface area contributed by atoms with Crippen LogP contribution in [0.2, 0.25) is 5.02 Å². The van der Waals surface area contributed by atoms with Crippen molar-refractivity contribution < 1.29 is 9.90 Å². The lowest BCUT2D eigenvalue weighted by atomic mass is 10.1. The zero-order chi connectivity index (χ0) is 16.7. The van der Waals surface area contributed by atoms with E-state index in [1.54, 1.807) is 18.2 Å². The van der Waals surface area contributed by atoms with E-state index in [9.17, 15) is 9.90 Å². The predicted octanol–water partition coefficient (Wildman–Crippen LogP) is 3.61. The standard InChI is InChI=1S/C18H18ClN3O2/c19-11-3-5-14-16(8-11)20-17-9-12(4-6-15(17)21-18(14)24)22-7-1-2-13(22)10-23/h3-6,8-9,13,20,23H,1-2,7,10H2,(H,21,24)/t13-/m0/s1. The van der Waals surface area contributed by atoms with Crippen LogP contribution in [0.15, 0.2) is 36.4 Å². The summed E-state index contributed by atoms with van der Waals surface area (Å²) in [5.74, 6) is -0.157. The van der Waals surface area contributed by atoms with Gasteiger partial charge in [-0.1, -0.05) is 11.6 Å². The van der Waals surface area contributed by atoms with E-state index in [0.29, 0.717) is 16.3 Å². The van der Waals surface area contributed by atoms with E-state index in [2.05, 4.69) is 15.5 Å². The molecule has 6 heteroatoms. The number of rotatable bonds is 2. The minimum atomic E-state index is -0.157. The van der Waals surface area contributed by atoms with Gasteiger partial charge >= 0.3 is 0 Å². The number of amides is 1. The molecule has 1 atom stereocenters. The Hall–Kier alpha value is -2.24. The first-order chi connectivity index (χ1) is 11.7. The van der Waals surface area contributed by atoms with Gasteiger partial charge in [0.15, 0.2) is 0 Å². The lowest BCUT2D eigenvalue weighted by Gasteiger charge is -2.26. The Morgan fingerprint density at radius 3 is 2.83 bits per heavy atom. The van der Waals surface area contributed by atoms with E-state index in [-0.39, 0.29) is 18.6 Å². The quantitative estimate of drug-likeness (QED) is 0.779. The molecule has 2 aliphatic rings. The van der Waals surface area contributed by atoms with E-state index in [4.69, 9.17) is 11.6 Å². The van der Waals surface area contributed by atoms with Gasteiger partial charge in [-0.15, -0.1) is 0 Å². The molecule has 1 amide bonds. The zero-order valence-electron chi connectivity index (χ0n) is 13.1. The number of carbonyl (C=O) groups excluding carboxylic acids is 1. The summed E-state index contributed by atoms with van der Waals surface area (Å²) in [7, 11) is 0. The summed E-state index contributed by atoms with van der Waals surface area (Å²) in [6.07, 6.45) is 2.07. The first-order valence-corrected chi connectivity index (χ1v) is 8.43. The number of halogens is 1. The molecule has 2 heterocycles. The number of hydrogen-bond acceptors (Lipinski definition) is 4. The summed E-state index contributed by atoms with van der Waals surface area (Å²) in [6, 6.07) is 11.2. The van der Waals surface area contributed by atoms with E-state index in [0.717, 1.165) is 36.4 Å². The van der Waals surface area contributed by atoms with Crippen LogP contribution < -0.4 is 15.5 Å². The lowest BCUT2D eigenvalue weighted by Crippen LogP contribution is -2.31. The molecular weight excluding hydrogens is 326 g/mol. The third-order valence-electron chi connectivity index (χ3n) is 4.67. The van der Waals surface area contributed by atoms with Crippen molar-refractivity contribution in [2.45, 2.75) is 18.9 Å². The van der Waals surface area contributed by atoms with Crippen LogP contribution in [0.3, 0.4) is 0 Å². The fourth-order valence-electron chi connectivity index (χ4n) is 3.44. The summed E-state index contributed by atoms with van der Waals surface area (Å²) in [4.78, 5) is 14.6. The molecular formula is C18H18ClN3O2. The normalized spacial score (nSPS) is 19.2. The smallest absolute Gasteiger partial charge is 0.257 e. The molecule has 5 nitrogen and oxygen atoms in total. The minimum Gasteiger partial charge on any atom is -0.394 e. The molecule has 124 valence electrons. The molecule has 0 radical (unpaired) electrons. The van der Waals surface area contributed by atoms with Gasteiger partial charge in [-0.2, -0.15) is 0 Å². The maximum absolute atomic E-state index is 12.4. The van der Waals surface area contributed by atoms with Crippen LogP contribution >= 0.6 is 11.6 Å². The Morgan fingerprint density at radius 1 is 1.12 bits per heavy atom. The van der Waals surface area contributed by atoms with Gasteiger partial charge in [-0.25, -0.2) is 0 Å². The maximum Gasteiger partial charge on any atom is 0.257 e. The van der Waals surface area contributed by atoms with Gasteiger partial charge in [0.25, 0.3) is 5.91 Å². The summed E-state index contributed by atoms with van der Waals surface area (Å²) in [5, 5.41) is 16.4. The second-order valence-electron chi connectivity index (χ2n) is 6.17. The van der Waals surface area contributed by atoms with E-state index >= 15 is 0 Å². The summed E-state index contributed by atoms with van der Waals surface area (Å²) < 4.78 is 0. The first-order valence-electron chi connectivity index (χ1n) is 8.05. The Labute approximate surface area is 145 Å². The molecule has 4 rings (SSSR count). The van der Waals surface area contributed by atoms with Crippen molar-refractivity contribution in [2.24, 2.45) is 0 Å². The number of nitrogens with one attached hydrogen (secondary N) is 2. The molecule has 1 fully saturated rings. The average Bonchev–Trinajstić information content (AvgIpc) is 3.00. The molecule has 0 spiro atoms. The van der Waals surface area contributed by atoms with Crippen LogP contribution in [-0.4, -0.2) is 30.2 Å². The number of nitrogens with zero attached hydrogens (tertiary/aromatic N) is 1. The Balaban J connectivity index is 1.74. The highest BCUT2D eigenvalue weighted by Gasteiger charge is 2.25. The zero-order valence-corrected chi connectivity index (χ0v) is 13.8. The van der Waals surface area contributed by atoms with E-state index in [1.807, 2.05) is 18.2 Å². The molecule has 2 aromatic rings. The highest BCUT2D eigenvalue weighted by Crippen LogP contribution is 2.37. The van der Waals surface area contributed by atoms with Crippen molar-refractivity contribution >= 4 is 40.3 Å². The van der Waals surface area contributed by atoms with Crippen molar-refractivity contribution in [3.8, 4) is 0 Å². The summed E-state index contributed by atoms with van der Waals surface area (Å²) in [6.45, 7) is 1.08. The van der Waals surface area contributed by atoms with Gasteiger partial charge in [0.1, 0.15) is 0 Å². The van der Waals surface area contributed by atoms with Gasteiger partial charge in [-0.05, 0) is 49.2 Å². The van der Waals surface area contributed by atoms with Crippen molar-refractivity contribution in [1.82, 2.24) is 0 Å².